The molecule has 276 valence electrons. The van der Waals surface area contributed by atoms with Crippen LogP contribution in [0.25, 0.3) is 0 Å². The molecule has 0 aromatic heterocycles. The number of esters is 2. The first-order valence-corrected chi connectivity index (χ1v) is 19.6. The lowest BCUT2D eigenvalue weighted by atomic mass is 10.1. The molecule has 12 heteroatoms. The Morgan fingerprint density at radius 3 is 1.24 bits per heavy atom. The van der Waals surface area contributed by atoms with Gasteiger partial charge in [-0.1, -0.05) is 142 Å². The third-order valence-electron chi connectivity index (χ3n) is 7.55. The molecule has 1 unspecified atom stereocenters. The molecule has 5 N–H and O–H groups in total. The molecule has 0 aliphatic heterocycles. The maximum Gasteiger partial charge on any atom is 0.469 e. The fourth-order valence-corrected chi connectivity index (χ4v) is 5.08. The smallest absolute Gasteiger partial charge is 0.462 e. The van der Waals surface area contributed by atoms with Crippen LogP contribution in [-0.2, 0) is 28.2 Å². The third-order valence-corrected chi connectivity index (χ3v) is 8.03. The average molecular weight is 685 g/mol. The van der Waals surface area contributed by atoms with Gasteiger partial charge >= 0.3 is 19.8 Å². The Morgan fingerprint density at radius 2 is 0.913 bits per heavy atom. The SMILES string of the molecule is CCCCCCCCCCCCCC(=O)OCC(COP(=O)(O)O)OC(=O)CCCCCCCCCCCCC.OCC(O)CO. The molecule has 0 spiro atoms. The van der Waals surface area contributed by atoms with E-state index >= 15 is 0 Å². The highest BCUT2D eigenvalue weighted by molar-refractivity contribution is 7.46. The Bertz CT molecular complexity index is 713. The van der Waals surface area contributed by atoms with E-state index in [9.17, 15) is 14.2 Å². The fourth-order valence-electron chi connectivity index (χ4n) is 4.72. The Hall–Kier alpha value is -1.07. The van der Waals surface area contributed by atoms with Crippen LogP contribution >= 0.6 is 7.82 Å². The van der Waals surface area contributed by atoms with Crippen molar-refractivity contribution >= 4 is 19.8 Å². The minimum Gasteiger partial charge on any atom is -0.462 e. The van der Waals surface area contributed by atoms with E-state index in [1.165, 1.54) is 96.3 Å². The summed E-state index contributed by atoms with van der Waals surface area (Å²) in [5.41, 5.74) is 0. The Balaban J connectivity index is 0. The monoisotopic (exact) mass is 684 g/mol. The largest absolute Gasteiger partial charge is 0.469 e. The van der Waals surface area contributed by atoms with Crippen molar-refractivity contribution in [2.75, 3.05) is 26.4 Å². The number of carbonyl (C=O) groups excluding carboxylic acids is 2. The first-order valence-electron chi connectivity index (χ1n) is 18.0. The fraction of sp³-hybridized carbons (Fsp3) is 0.941. The van der Waals surface area contributed by atoms with E-state index in [0.29, 0.717) is 6.42 Å². The molecule has 0 aliphatic carbocycles. The molecule has 1 atom stereocenters. The number of rotatable bonds is 32. The summed E-state index contributed by atoms with van der Waals surface area (Å²) < 4.78 is 26.1. The highest BCUT2D eigenvalue weighted by Crippen LogP contribution is 2.36. The van der Waals surface area contributed by atoms with Crippen LogP contribution in [0.4, 0.5) is 0 Å². The van der Waals surface area contributed by atoms with Gasteiger partial charge in [0.1, 0.15) is 12.7 Å². The van der Waals surface area contributed by atoms with E-state index in [1.807, 2.05) is 0 Å². The number of carbonyl (C=O) groups is 2. The Morgan fingerprint density at radius 1 is 0.565 bits per heavy atom. The molecule has 0 radical (unpaired) electrons. The second-order valence-electron chi connectivity index (χ2n) is 12.2. The van der Waals surface area contributed by atoms with Crippen LogP contribution in [0.3, 0.4) is 0 Å². The summed E-state index contributed by atoms with van der Waals surface area (Å²) in [5.74, 6) is -0.879. The zero-order valence-electron chi connectivity index (χ0n) is 29.1. The maximum atomic E-state index is 12.3. The van der Waals surface area contributed by atoms with Crippen LogP contribution in [0, 0.1) is 0 Å². The van der Waals surface area contributed by atoms with Crippen LogP contribution in [0.5, 0.6) is 0 Å². The second kappa shape index (κ2) is 35.2. The molecule has 0 bridgehead atoms. The van der Waals surface area contributed by atoms with Crippen molar-refractivity contribution in [3.63, 3.8) is 0 Å². The lowest BCUT2D eigenvalue weighted by molar-refractivity contribution is -0.161. The topological polar surface area (TPSA) is 180 Å². The van der Waals surface area contributed by atoms with Gasteiger partial charge in [0.2, 0.25) is 0 Å². The third kappa shape index (κ3) is 39.1. The van der Waals surface area contributed by atoms with Crippen LogP contribution in [-0.4, -0.2) is 75.7 Å². The number of phosphoric acid groups is 1. The highest BCUT2D eigenvalue weighted by Gasteiger charge is 2.22. The van der Waals surface area contributed by atoms with Gasteiger partial charge in [0.05, 0.1) is 19.8 Å². The van der Waals surface area contributed by atoms with Crippen molar-refractivity contribution in [3.8, 4) is 0 Å². The lowest BCUT2D eigenvalue weighted by Crippen LogP contribution is -2.29. The van der Waals surface area contributed by atoms with Gasteiger partial charge in [-0.05, 0) is 12.8 Å². The van der Waals surface area contributed by atoms with Gasteiger partial charge in [-0.25, -0.2) is 4.57 Å². The molecule has 0 saturated carbocycles. The van der Waals surface area contributed by atoms with Gasteiger partial charge in [-0.3, -0.25) is 14.1 Å². The summed E-state index contributed by atoms with van der Waals surface area (Å²) in [6.07, 6.45) is 24.5. The number of phosphoric ester groups is 1. The standard InChI is InChI=1S/C31H61O8P.C3H8O3/c1-3-5-7-9-11-13-15-17-19-21-23-25-30(32)37-27-29(28-38-40(34,35)36)39-31(33)26-24-22-20-18-16-14-12-10-8-6-4-2;4-1-3(6)2-5/h29H,3-28H2,1-2H3,(H2,34,35,36);3-6H,1-2H2. The van der Waals surface area contributed by atoms with E-state index in [2.05, 4.69) is 18.4 Å². The first-order chi connectivity index (χ1) is 22.1. The van der Waals surface area contributed by atoms with Crippen molar-refractivity contribution in [2.24, 2.45) is 0 Å². The van der Waals surface area contributed by atoms with Crippen LogP contribution < -0.4 is 0 Å². The number of ether oxygens (including phenoxy) is 2. The zero-order chi connectivity index (χ0) is 34.7. The van der Waals surface area contributed by atoms with Crippen LogP contribution in [0.15, 0.2) is 0 Å². The van der Waals surface area contributed by atoms with Gasteiger partial charge in [0.15, 0.2) is 6.10 Å². The highest BCUT2D eigenvalue weighted by atomic mass is 31.2. The van der Waals surface area contributed by atoms with Gasteiger partial charge in [0.25, 0.3) is 0 Å². The maximum absolute atomic E-state index is 12.3. The summed E-state index contributed by atoms with van der Waals surface area (Å²) in [6.45, 7) is 2.92. The van der Waals surface area contributed by atoms with Crippen molar-refractivity contribution in [1.82, 2.24) is 0 Å². The average Bonchev–Trinajstić information content (AvgIpc) is 3.03. The minimum atomic E-state index is -4.73. The van der Waals surface area contributed by atoms with Gasteiger partial charge in [-0.2, -0.15) is 0 Å². The molecule has 0 rings (SSSR count). The van der Waals surface area contributed by atoms with E-state index in [1.54, 1.807) is 0 Å². The molecule has 0 aromatic carbocycles. The molecule has 0 fully saturated rings. The van der Waals surface area contributed by atoms with Crippen LogP contribution in [0.1, 0.15) is 168 Å². The first kappa shape index (κ1) is 47.0. The zero-order valence-corrected chi connectivity index (χ0v) is 30.0. The Kier molecular flexibility index (Phi) is 36.0. The summed E-state index contributed by atoms with van der Waals surface area (Å²) in [5, 5.41) is 24.0. The predicted octanol–water partition coefficient (Wildman–Crippen LogP) is 7.28. The van der Waals surface area contributed by atoms with Gasteiger partial charge < -0.3 is 34.6 Å². The van der Waals surface area contributed by atoms with Crippen molar-refractivity contribution in [3.05, 3.63) is 0 Å². The van der Waals surface area contributed by atoms with Gasteiger partial charge in [-0.15, -0.1) is 0 Å². The minimum absolute atomic E-state index is 0.218. The van der Waals surface area contributed by atoms with Crippen molar-refractivity contribution < 1.29 is 53.3 Å². The molecule has 0 saturated heterocycles. The Labute approximate surface area is 279 Å². The summed E-state index contributed by atoms with van der Waals surface area (Å²) >= 11 is 0. The molecule has 11 nitrogen and oxygen atoms in total. The van der Waals surface area contributed by atoms with Crippen LogP contribution in [0.2, 0.25) is 0 Å². The number of hydrogen-bond donors (Lipinski definition) is 5. The molecule has 0 aromatic rings. The number of hydrogen-bond acceptors (Lipinski definition) is 9. The molecular weight excluding hydrogens is 615 g/mol. The van der Waals surface area contributed by atoms with E-state index in [4.69, 9.17) is 34.6 Å². The quantitative estimate of drug-likeness (QED) is 0.0273. The molecule has 0 amide bonds. The molecule has 0 heterocycles. The number of aliphatic hydroxyl groups is 3. The van der Waals surface area contributed by atoms with E-state index in [-0.39, 0.29) is 32.7 Å². The van der Waals surface area contributed by atoms with Crippen molar-refractivity contribution in [2.45, 2.75) is 180 Å². The predicted molar refractivity (Wildman–Crippen MR) is 181 cm³/mol. The van der Waals surface area contributed by atoms with Gasteiger partial charge in [0, 0.05) is 12.8 Å². The molecular formula is C34H69O11P. The number of unbranched alkanes of at least 4 members (excludes halogenated alkanes) is 20. The molecule has 46 heavy (non-hydrogen) atoms. The summed E-state index contributed by atoms with van der Waals surface area (Å²) in [4.78, 5) is 42.4. The summed E-state index contributed by atoms with van der Waals surface area (Å²) in [6, 6.07) is 0. The van der Waals surface area contributed by atoms with Crippen molar-refractivity contribution in [1.29, 1.82) is 0 Å². The summed E-state index contributed by atoms with van der Waals surface area (Å²) in [7, 11) is -4.73. The molecule has 0 aliphatic rings. The second-order valence-corrected chi connectivity index (χ2v) is 13.4. The van der Waals surface area contributed by atoms with E-state index in [0.717, 1.165) is 38.5 Å². The number of aliphatic hydroxyl groups excluding tert-OH is 3. The van der Waals surface area contributed by atoms with E-state index < -0.39 is 38.6 Å². The normalized spacial score (nSPS) is 12.1. The lowest BCUT2D eigenvalue weighted by Gasteiger charge is -2.18.